The number of benzene rings is 1. The normalized spacial score (nSPS) is 10.8. The summed E-state index contributed by atoms with van der Waals surface area (Å²) in [6.07, 6.45) is 1.67. The third-order valence-electron chi connectivity index (χ3n) is 3.43. The summed E-state index contributed by atoms with van der Waals surface area (Å²) in [7, 11) is 1.67. The van der Waals surface area contributed by atoms with E-state index in [1.807, 2.05) is 0 Å². The lowest BCUT2D eigenvalue weighted by molar-refractivity contribution is 0.443. The van der Waals surface area contributed by atoms with E-state index in [2.05, 4.69) is 9.97 Å². The second-order valence-corrected chi connectivity index (χ2v) is 6.59. The van der Waals surface area contributed by atoms with Crippen molar-refractivity contribution in [3.8, 4) is 23.0 Å². The number of halogens is 3. The molecule has 0 spiro atoms. The van der Waals surface area contributed by atoms with Crippen molar-refractivity contribution in [1.82, 2.24) is 14.5 Å². The Kier molecular flexibility index (Phi) is 4.99. The number of hydrogen-bond donors (Lipinski definition) is 0. The van der Waals surface area contributed by atoms with E-state index < -0.39 is 0 Å². The molecule has 0 aliphatic carbocycles. The van der Waals surface area contributed by atoms with Crippen LogP contribution in [0.15, 0.2) is 41.3 Å². The number of ether oxygens (including phenoxy) is 1. The SMILES string of the molecule is Cc1cc(-c2cc(Cl)nc(Oc3cc(Cl)ccc3Cl)n2)cn(C)c1=O. The number of nitrogens with zero attached hydrogens (tertiary/aromatic N) is 3. The van der Waals surface area contributed by atoms with Gasteiger partial charge in [0.25, 0.3) is 5.56 Å². The molecule has 0 saturated heterocycles. The first kappa shape index (κ1) is 17.7. The molecular formula is C17H12Cl3N3O2. The number of pyridine rings is 1. The van der Waals surface area contributed by atoms with Gasteiger partial charge >= 0.3 is 6.01 Å². The lowest BCUT2D eigenvalue weighted by atomic mass is 10.1. The highest BCUT2D eigenvalue weighted by atomic mass is 35.5. The Morgan fingerprint density at radius 2 is 1.84 bits per heavy atom. The molecule has 3 aromatic rings. The molecule has 0 atom stereocenters. The Morgan fingerprint density at radius 1 is 1.08 bits per heavy atom. The molecule has 3 rings (SSSR count). The summed E-state index contributed by atoms with van der Waals surface area (Å²) < 4.78 is 7.11. The van der Waals surface area contributed by atoms with Gasteiger partial charge in [0.05, 0.1) is 10.7 Å². The minimum absolute atomic E-state index is 0.0261. The van der Waals surface area contributed by atoms with Crippen LogP contribution < -0.4 is 10.3 Å². The first-order valence-corrected chi connectivity index (χ1v) is 8.32. The molecular weight excluding hydrogens is 385 g/mol. The van der Waals surface area contributed by atoms with Crippen molar-refractivity contribution in [3.05, 3.63) is 67.6 Å². The fourth-order valence-corrected chi connectivity index (χ4v) is 2.76. The van der Waals surface area contributed by atoms with Crippen molar-refractivity contribution in [3.63, 3.8) is 0 Å². The highest BCUT2D eigenvalue weighted by Gasteiger charge is 2.12. The minimum Gasteiger partial charge on any atom is -0.423 e. The van der Waals surface area contributed by atoms with Crippen LogP contribution in [0.5, 0.6) is 11.8 Å². The van der Waals surface area contributed by atoms with E-state index >= 15 is 0 Å². The molecule has 0 aliphatic rings. The van der Waals surface area contributed by atoms with Crippen molar-refractivity contribution in [2.75, 3.05) is 0 Å². The molecule has 0 bridgehead atoms. The second kappa shape index (κ2) is 7.04. The molecule has 0 unspecified atom stereocenters. The summed E-state index contributed by atoms with van der Waals surface area (Å²) in [6.45, 7) is 1.73. The maximum Gasteiger partial charge on any atom is 0.324 e. The van der Waals surface area contributed by atoms with Gasteiger partial charge in [-0.05, 0) is 25.1 Å². The van der Waals surface area contributed by atoms with E-state index in [1.165, 1.54) is 4.57 Å². The Bertz CT molecular complexity index is 992. The lowest BCUT2D eigenvalue weighted by Gasteiger charge is -2.09. The maximum absolute atomic E-state index is 11.8. The average molecular weight is 397 g/mol. The molecule has 0 fully saturated rings. The van der Waals surface area contributed by atoms with E-state index in [0.29, 0.717) is 32.6 Å². The van der Waals surface area contributed by atoms with Gasteiger partial charge in [0.2, 0.25) is 0 Å². The number of aromatic nitrogens is 3. The molecule has 8 heteroatoms. The highest BCUT2D eigenvalue weighted by Crippen LogP contribution is 2.32. The first-order valence-electron chi connectivity index (χ1n) is 7.18. The van der Waals surface area contributed by atoms with E-state index in [9.17, 15) is 4.79 Å². The molecule has 5 nitrogen and oxygen atoms in total. The van der Waals surface area contributed by atoms with Gasteiger partial charge in [-0.2, -0.15) is 9.97 Å². The summed E-state index contributed by atoms with van der Waals surface area (Å²) in [5, 5.41) is 1.03. The van der Waals surface area contributed by atoms with Crippen molar-refractivity contribution in [1.29, 1.82) is 0 Å². The predicted octanol–water partition coefficient (Wildman–Crippen LogP) is 4.90. The maximum atomic E-state index is 11.8. The van der Waals surface area contributed by atoms with Gasteiger partial charge in [0.15, 0.2) is 5.75 Å². The summed E-state index contributed by atoms with van der Waals surface area (Å²) in [4.78, 5) is 20.2. The Labute approximate surface area is 158 Å². The van der Waals surface area contributed by atoms with E-state index in [1.54, 1.807) is 50.5 Å². The van der Waals surface area contributed by atoms with E-state index in [-0.39, 0.29) is 16.7 Å². The van der Waals surface area contributed by atoms with Crippen molar-refractivity contribution in [2.45, 2.75) is 6.92 Å². The van der Waals surface area contributed by atoms with Crippen LogP contribution in [0.1, 0.15) is 5.56 Å². The molecule has 0 saturated carbocycles. The summed E-state index contributed by atoms with van der Waals surface area (Å²) in [6, 6.07) is 8.17. The van der Waals surface area contributed by atoms with Gasteiger partial charge in [-0.15, -0.1) is 0 Å². The monoisotopic (exact) mass is 395 g/mol. The molecule has 0 N–H and O–H groups in total. The largest absolute Gasteiger partial charge is 0.423 e. The molecule has 2 aromatic heterocycles. The van der Waals surface area contributed by atoms with Crippen molar-refractivity contribution in [2.24, 2.45) is 7.05 Å². The lowest BCUT2D eigenvalue weighted by Crippen LogP contribution is -2.18. The zero-order chi connectivity index (χ0) is 18.1. The van der Waals surface area contributed by atoms with Crippen LogP contribution in [-0.4, -0.2) is 14.5 Å². The Hall–Kier alpha value is -2.08. The zero-order valence-electron chi connectivity index (χ0n) is 13.3. The smallest absolute Gasteiger partial charge is 0.324 e. The van der Waals surface area contributed by atoms with Crippen molar-refractivity contribution < 1.29 is 4.74 Å². The Morgan fingerprint density at radius 3 is 2.56 bits per heavy atom. The summed E-state index contributed by atoms with van der Waals surface area (Å²) in [5.74, 6) is 0.319. The molecule has 25 heavy (non-hydrogen) atoms. The van der Waals surface area contributed by atoms with Gasteiger partial charge < -0.3 is 9.30 Å². The highest BCUT2D eigenvalue weighted by molar-refractivity contribution is 6.34. The summed E-state index contributed by atoms with van der Waals surface area (Å²) in [5.41, 5.74) is 1.75. The van der Waals surface area contributed by atoms with Crippen LogP contribution >= 0.6 is 34.8 Å². The van der Waals surface area contributed by atoms with Gasteiger partial charge in [-0.25, -0.2) is 0 Å². The molecule has 2 heterocycles. The van der Waals surface area contributed by atoms with Crippen LogP contribution in [0.4, 0.5) is 0 Å². The predicted molar refractivity (Wildman–Crippen MR) is 99.0 cm³/mol. The molecule has 1 aromatic carbocycles. The summed E-state index contributed by atoms with van der Waals surface area (Å²) >= 11 is 18.1. The zero-order valence-corrected chi connectivity index (χ0v) is 15.5. The number of rotatable bonds is 3. The van der Waals surface area contributed by atoms with Crippen molar-refractivity contribution >= 4 is 34.8 Å². The molecule has 0 radical (unpaired) electrons. The third kappa shape index (κ3) is 3.95. The molecule has 0 amide bonds. The standard InChI is InChI=1S/C17H12Cl3N3O2/c1-9-5-10(8-23(2)16(9)24)13-7-15(20)22-17(21-13)25-14-6-11(18)3-4-12(14)19/h3-8H,1-2H3. The van der Waals surface area contributed by atoms with Gasteiger partial charge in [-0.1, -0.05) is 34.8 Å². The topological polar surface area (TPSA) is 57.0 Å². The minimum atomic E-state index is -0.0777. The van der Waals surface area contributed by atoms with Crippen LogP contribution in [0.25, 0.3) is 11.3 Å². The van der Waals surface area contributed by atoms with Crippen LogP contribution in [0.3, 0.4) is 0 Å². The van der Waals surface area contributed by atoms with Crippen LogP contribution in [-0.2, 0) is 7.05 Å². The molecule has 128 valence electrons. The van der Waals surface area contributed by atoms with Gasteiger partial charge in [0.1, 0.15) is 5.15 Å². The van der Waals surface area contributed by atoms with Crippen LogP contribution in [0, 0.1) is 6.92 Å². The van der Waals surface area contributed by atoms with E-state index in [0.717, 1.165) is 0 Å². The second-order valence-electron chi connectivity index (χ2n) is 5.36. The first-order chi connectivity index (χ1) is 11.8. The van der Waals surface area contributed by atoms with Crippen LogP contribution in [0.2, 0.25) is 15.2 Å². The fourth-order valence-electron chi connectivity index (χ4n) is 2.26. The Balaban J connectivity index is 2.04. The van der Waals surface area contributed by atoms with Gasteiger partial charge in [0, 0.05) is 41.5 Å². The van der Waals surface area contributed by atoms with Gasteiger partial charge in [-0.3, -0.25) is 4.79 Å². The quantitative estimate of drug-likeness (QED) is 0.591. The molecule has 0 aliphatic heterocycles. The van der Waals surface area contributed by atoms with E-state index in [4.69, 9.17) is 39.5 Å². The number of aryl methyl sites for hydroxylation is 2. The third-order valence-corrected chi connectivity index (χ3v) is 4.17. The average Bonchev–Trinajstić information content (AvgIpc) is 2.55. The number of hydrogen-bond acceptors (Lipinski definition) is 4. The fraction of sp³-hybridized carbons (Fsp3) is 0.118.